The number of nitrogens with one attached hydrogen (secondary N) is 2. The van der Waals surface area contributed by atoms with Crippen LogP contribution in [0.25, 0.3) is 11.1 Å². The predicted molar refractivity (Wildman–Crippen MR) is 122 cm³/mol. The second-order valence-corrected chi connectivity index (χ2v) is 8.87. The fourth-order valence-corrected chi connectivity index (χ4v) is 4.19. The van der Waals surface area contributed by atoms with Crippen LogP contribution in [0.3, 0.4) is 0 Å². The lowest BCUT2D eigenvalue weighted by molar-refractivity contribution is -0.160. The van der Waals surface area contributed by atoms with Crippen LogP contribution in [0.15, 0.2) is 48.5 Å². The van der Waals surface area contributed by atoms with Crippen LogP contribution < -0.4 is 10.6 Å². The Morgan fingerprint density at radius 3 is 1.97 bits per heavy atom. The number of carbonyl (C=O) groups is 3. The maximum atomic E-state index is 12.7. The highest BCUT2D eigenvalue weighted by Gasteiger charge is 2.37. The Labute approximate surface area is 200 Å². The monoisotopic (exact) mass is 492 g/mol. The molecule has 1 aliphatic rings. The van der Waals surface area contributed by atoms with Crippen molar-refractivity contribution < 1.29 is 37.4 Å². The molecule has 0 saturated heterocycles. The molecule has 35 heavy (non-hydrogen) atoms. The molecule has 0 radical (unpaired) electrons. The number of fused-ring (bicyclic) bond motifs is 3. The van der Waals surface area contributed by atoms with Gasteiger partial charge in [0.25, 0.3) is 0 Å². The van der Waals surface area contributed by atoms with Crippen molar-refractivity contribution in [3.05, 3.63) is 59.7 Å². The number of hydrogen-bond donors (Lipinski definition) is 3. The van der Waals surface area contributed by atoms with E-state index in [0.29, 0.717) is 0 Å². The lowest BCUT2D eigenvalue weighted by Crippen LogP contribution is -2.53. The minimum atomic E-state index is -4.79. The molecule has 0 aliphatic heterocycles. The molecule has 2 aromatic carbocycles. The zero-order chi connectivity index (χ0) is 25.8. The van der Waals surface area contributed by atoms with Crippen molar-refractivity contribution in [2.24, 2.45) is 5.92 Å². The second kappa shape index (κ2) is 10.8. The van der Waals surface area contributed by atoms with Gasteiger partial charge in [0.05, 0.1) is 6.42 Å². The summed E-state index contributed by atoms with van der Waals surface area (Å²) in [7, 11) is 0. The zero-order valence-corrected chi connectivity index (χ0v) is 19.3. The molecule has 0 bridgehead atoms. The number of amides is 2. The average Bonchev–Trinajstić information content (AvgIpc) is 3.09. The van der Waals surface area contributed by atoms with E-state index in [1.54, 1.807) is 13.8 Å². The molecule has 0 spiro atoms. The van der Waals surface area contributed by atoms with Gasteiger partial charge >= 0.3 is 18.2 Å². The summed E-state index contributed by atoms with van der Waals surface area (Å²) in [6.45, 7) is 3.50. The number of halogens is 3. The molecule has 2 aromatic rings. The number of aliphatic carboxylic acids is 1. The number of carboxylic acids is 1. The van der Waals surface area contributed by atoms with Crippen molar-refractivity contribution >= 4 is 18.0 Å². The maximum Gasteiger partial charge on any atom is 0.407 e. The number of alkyl halides is 3. The highest BCUT2D eigenvalue weighted by atomic mass is 19.4. The first-order valence-electron chi connectivity index (χ1n) is 11.2. The van der Waals surface area contributed by atoms with Crippen LogP contribution in [0.1, 0.15) is 43.7 Å². The van der Waals surface area contributed by atoms with E-state index < -0.39 is 42.7 Å². The number of ether oxygens (including phenoxy) is 1. The van der Waals surface area contributed by atoms with E-state index in [1.165, 1.54) is 0 Å². The molecule has 0 fully saturated rings. The van der Waals surface area contributed by atoms with Crippen LogP contribution in [0.4, 0.5) is 18.0 Å². The lowest BCUT2D eigenvalue weighted by Gasteiger charge is -2.23. The first-order chi connectivity index (χ1) is 16.5. The molecule has 3 rings (SSSR count). The van der Waals surface area contributed by atoms with Crippen LogP contribution >= 0.6 is 0 Å². The summed E-state index contributed by atoms with van der Waals surface area (Å²) < 4.78 is 43.5. The van der Waals surface area contributed by atoms with Crippen molar-refractivity contribution in [2.75, 3.05) is 6.61 Å². The fourth-order valence-electron chi connectivity index (χ4n) is 4.19. The first kappa shape index (κ1) is 26.1. The van der Waals surface area contributed by atoms with Crippen molar-refractivity contribution in [3.63, 3.8) is 0 Å². The number of alkyl carbamates (subject to hydrolysis) is 1. The summed E-state index contributed by atoms with van der Waals surface area (Å²) in [6, 6.07) is 12.1. The minimum Gasteiger partial charge on any atom is -0.480 e. The molecule has 3 N–H and O–H groups in total. The van der Waals surface area contributed by atoms with Gasteiger partial charge in [0.1, 0.15) is 18.7 Å². The normalized spacial score (nSPS) is 14.6. The van der Waals surface area contributed by atoms with Gasteiger partial charge in [-0.2, -0.15) is 13.2 Å². The largest absolute Gasteiger partial charge is 0.480 e. The average molecular weight is 492 g/mol. The molecule has 188 valence electrons. The van der Waals surface area contributed by atoms with E-state index >= 15 is 0 Å². The second-order valence-electron chi connectivity index (χ2n) is 8.87. The van der Waals surface area contributed by atoms with Crippen LogP contribution in [-0.2, 0) is 14.3 Å². The van der Waals surface area contributed by atoms with Crippen LogP contribution in [0.2, 0.25) is 0 Å². The third-order valence-corrected chi connectivity index (χ3v) is 5.71. The van der Waals surface area contributed by atoms with Crippen LogP contribution in [0.5, 0.6) is 0 Å². The molecular weight excluding hydrogens is 465 g/mol. The molecule has 0 saturated carbocycles. The molecule has 1 aliphatic carbocycles. The fraction of sp³-hybridized carbons (Fsp3) is 0.400. The lowest BCUT2D eigenvalue weighted by atomic mass is 9.98. The standard InChI is InChI=1S/C25H27F3N2O5/c1-14(2)11-20(22(31)29-21(23(32)33)12-25(26,27)28)30-24(34)35-13-19-17-9-5-3-7-15(17)16-8-4-6-10-18(16)19/h3-10,14,19-21H,11-13H2,1-2H3,(H,29,31)(H,30,34)(H,32,33)/t20-,21?/m0/s1. The number of hydrogen-bond acceptors (Lipinski definition) is 4. The Bertz CT molecular complexity index is 1040. The summed E-state index contributed by atoms with van der Waals surface area (Å²) in [6.07, 6.45) is -7.36. The van der Waals surface area contributed by atoms with Gasteiger partial charge in [-0.3, -0.25) is 4.79 Å². The van der Waals surface area contributed by atoms with Crippen molar-refractivity contribution in [1.29, 1.82) is 0 Å². The molecule has 1 unspecified atom stereocenters. The van der Waals surface area contributed by atoms with Gasteiger partial charge in [0.15, 0.2) is 0 Å². The Morgan fingerprint density at radius 1 is 0.943 bits per heavy atom. The van der Waals surface area contributed by atoms with E-state index in [0.717, 1.165) is 22.3 Å². The zero-order valence-electron chi connectivity index (χ0n) is 19.3. The van der Waals surface area contributed by atoms with Crippen molar-refractivity contribution in [1.82, 2.24) is 10.6 Å². The molecule has 7 nitrogen and oxygen atoms in total. The predicted octanol–water partition coefficient (Wildman–Crippen LogP) is 4.46. The number of rotatable bonds is 9. The number of carbonyl (C=O) groups excluding carboxylic acids is 2. The highest BCUT2D eigenvalue weighted by Crippen LogP contribution is 2.44. The van der Waals surface area contributed by atoms with Crippen molar-refractivity contribution in [2.45, 2.75) is 50.9 Å². The minimum absolute atomic E-state index is 0.0122. The molecule has 0 heterocycles. The summed E-state index contributed by atoms with van der Waals surface area (Å²) >= 11 is 0. The first-order valence-corrected chi connectivity index (χ1v) is 11.2. The topological polar surface area (TPSA) is 105 Å². The van der Waals surface area contributed by atoms with Gasteiger partial charge in [0, 0.05) is 5.92 Å². The van der Waals surface area contributed by atoms with E-state index in [9.17, 15) is 27.6 Å². The van der Waals surface area contributed by atoms with Gasteiger partial charge in [-0.1, -0.05) is 62.4 Å². The third-order valence-electron chi connectivity index (χ3n) is 5.71. The van der Waals surface area contributed by atoms with Gasteiger partial charge in [-0.05, 0) is 34.6 Å². The Kier molecular flexibility index (Phi) is 8.03. The van der Waals surface area contributed by atoms with Gasteiger partial charge in [-0.15, -0.1) is 0 Å². The van der Waals surface area contributed by atoms with Crippen LogP contribution in [-0.4, -0.2) is 47.9 Å². The Hall–Kier alpha value is -3.56. The summed E-state index contributed by atoms with van der Waals surface area (Å²) in [4.78, 5) is 36.4. The summed E-state index contributed by atoms with van der Waals surface area (Å²) in [5.74, 6) is -3.18. The molecule has 0 aromatic heterocycles. The molecule has 10 heteroatoms. The molecule has 2 amide bonds. The van der Waals surface area contributed by atoms with E-state index in [4.69, 9.17) is 9.84 Å². The van der Waals surface area contributed by atoms with Crippen LogP contribution in [0, 0.1) is 5.92 Å². The van der Waals surface area contributed by atoms with Crippen molar-refractivity contribution in [3.8, 4) is 11.1 Å². The molecule has 2 atom stereocenters. The maximum absolute atomic E-state index is 12.7. The van der Waals surface area contributed by atoms with Gasteiger partial charge in [-0.25, -0.2) is 9.59 Å². The SMILES string of the molecule is CC(C)C[C@H](NC(=O)OCC1c2ccccc2-c2ccccc21)C(=O)NC(CC(F)(F)F)C(=O)O. The Balaban J connectivity index is 1.67. The summed E-state index contributed by atoms with van der Waals surface area (Å²) in [5, 5.41) is 13.3. The number of carboxylic acid groups (broad SMARTS) is 1. The highest BCUT2D eigenvalue weighted by molar-refractivity contribution is 5.89. The quantitative estimate of drug-likeness (QED) is 0.479. The van der Waals surface area contributed by atoms with E-state index in [2.05, 4.69) is 5.32 Å². The number of benzene rings is 2. The summed E-state index contributed by atoms with van der Waals surface area (Å²) in [5.41, 5.74) is 4.07. The van der Waals surface area contributed by atoms with Gasteiger partial charge < -0.3 is 20.5 Å². The van der Waals surface area contributed by atoms with E-state index in [-0.39, 0.29) is 24.9 Å². The smallest absolute Gasteiger partial charge is 0.407 e. The molecular formula is C25H27F3N2O5. The Morgan fingerprint density at radius 2 is 1.49 bits per heavy atom. The third kappa shape index (κ3) is 6.74. The van der Waals surface area contributed by atoms with Gasteiger partial charge in [0.2, 0.25) is 5.91 Å². The van der Waals surface area contributed by atoms with E-state index in [1.807, 2.05) is 53.8 Å².